The summed E-state index contributed by atoms with van der Waals surface area (Å²) in [4.78, 5) is 0. The Labute approximate surface area is 121 Å². The quantitative estimate of drug-likeness (QED) is 0.761. The maximum atomic E-state index is 2.49. The molecular weight excluding hydrogens is 240 g/mol. The summed E-state index contributed by atoms with van der Waals surface area (Å²) >= 11 is 0. The van der Waals surface area contributed by atoms with Crippen LogP contribution in [0.1, 0.15) is 51.0 Å². The fourth-order valence-corrected chi connectivity index (χ4v) is 4.04. The van der Waals surface area contributed by atoms with E-state index in [4.69, 9.17) is 0 Å². The standard InChI is InChI=1S/C20H22/c1-2-5-14-8-9-15-10-11-18-17-7-4-3-6-16(17)13-20(18)19(15)12-14/h6,8-10,12H,2-5,7,11,13H2,1H3. The number of benzene rings is 1. The third-order valence-corrected chi connectivity index (χ3v) is 5.01. The molecule has 102 valence electrons. The van der Waals surface area contributed by atoms with Gasteiger partial charge in [-0.15, -0.1) is 0 Å². The molecule has 0 nitrogen and oxygen atoms in total. The third-order valence-electron chi connectivity index (χ3n) is 5.01. The van der Waals surface area contributed by atoms with E-state index in [0.29, 0.717) is 0 Å². The van der Waals surface area contributed by atoms with Crippen LogP contribution >= 0.6 is 0 Å². The maximum Gasteiger partial charge on any atom is -0.00170 e. The van der Waals surface area contributed by atoms with Crippen molar-refractivity contribution >= 4 is 11.6 Å². The minimum atomic E-state index is 1.15. The number of hydrogen-bond donors (Lipinski definition) is 0. The molecule has 0 saturated heterocycles. The Bertz CT molecular complexity index is 741. The molecule has 20 heavy (non-hydrogen) atoms. The van der Waals surface area contributed by atoms with Crippen molar-refractivity contribution < 1.29 is 0 Å². The molecule has 0 saturated carbocycles. The van der Waals surface area contributed by atoms with Gasteiger partial charge >= 0.3 is 0 Å². The van der Waals surface area contributed by atoms with Gasteiger partial charge < -0.3 is 0 Å². The summed E-state index contributed by atoms with van der Waals surface area (Å²) in [7, 11) is 0. The van der Waals surface area contributed by atoms with Crippen LogP contribution in [0.4, 0.5) is 0 Å². The summed E-state index contributed by atoms with van der Waals surface area (Å²) in [5, 5.41) is 2.99. The lowest BCUT2D eigenvalue weighted by molar-refractivity contribution is 0.798. The van der Waals surface area contributed by atoms with E-state index in [2.05, 4.69) is 37.3 Å². The first-order chi connectivity index (χ1) is 9.86. The zero-order valence-electron chi connectivity index (χ0n) is 12.3. The fourth-order valence-electron chi connectivity index (χ4n) is 4.04. The van der Waals surface area contributed by atoms with Crippen molar-refractivity contribution in [3.63, 3.8) is 0 Å². The van der Waals surface area contributed by atoms with E-state index in [0.717, 1.165) is 6.42 Å². The summed E-state index contributed by atoms with van der Waals surface area (Å²) in [6.45, 7) is 2.26. The Hall–Kier alpha value is -1.56. The van der Waals surface area contributed by atoms with E-state index >= 15 is 0 Å². The lowest BCUT2D eigenvalue weighted by Crippen LogP contribution is -2.30. The molecule has 0 N–H and O–H groups in total. The van der Waals surface area contributed by atoms with Crippen LogP contribution in [-0.4, -0.2) is 0 Å². The van der Waals surface area contributed by atoms with Crippen molar-refractivity contribution in [2.24, 2.45) is 0 Å². The van der Waals surface area contributed by atoms with Crippen molar-refractivity contribution in [2.75, 3.05) is 0 Å². The highest BCUT2D eigenvalue weighted by atomic mass is 14.3. The van der Waals surface area contributed by atoms with Crippen LogP contribution < -0.4 is 10.4 Å². The van der Waals surface area contributed by atoms with Crippen molar-refractivity contribution in [2.45, 2.75) is 51.9 Å². The molecule has 0 spiro atoms. The van der Waals surface area contributed by atoms with Gasteiger partial charge in [-0.25, -0.2) is 0 Å². The van der Waals surface area contributed by atoms with Gasteiger partial charge in [0.15, 0.2) is 0 Å². The predicted octanol–water partition coefficient (Wildman–Crippen LogP) is 3.78. The van der Waals surface area contributed by atoms with Gasteiger partial charge in [-0.05, 0) is 76.8 Å². The van der Waals surface area contributed by atoms with Crippen LogP contribution in [0.25, 0.3) is 11.6 Å². The highest BCUT2D eigenvalue weighted by molar-refractivity contribution is 5.80. The minimum Gasteiger partial charge on any atom is -0.0807 e. The summed E-state index contributed by atoms with van der Waals surface area (Å²) < 4.78 is 0. The van der Waals surface area contributed by atoms with E-state index in [1.54, 1.807) is 22.3 Å². The van der Waals surface area contributed by atoms with Crippen LogP contribution in [0.15, 0.2) is 41.0 Å². The fraction of sp³-hybridized carbons (Fsp3) is 0.400. The highest BCUT2D eigenvalue weighted by Gasteiger charge is 2.26. The first-order valence-corrected chi connectivity index (χ1v) is 8.11. The molecule has 0 aliphatic heterocycles. The molecule has 0 atom stereocenters. The third kappa shape index (κ3) is 1.82. The van der Waals surface area contributed by atoms with Crippen LogP contribution in [-0.2, 0) is 6.42 Å². The SMILES string of the molecule is CCCc1ccc2c(c1)=C1CC3=CCCCC3=C1CC=2. The van der Waals surface area contributed by atoms with Crippen LogP contribution in [0, 0.1) is 0 Å². The normalized spacial score (nSPS) is 20.1. The minimum absolute atomic E-state index is 1.15. The number of aryl methyl sites for hydroxylation is 1. The van der Waals surface area contributed by atoms with Crippen LogP contribution in [0.2, 0.25) is 0 Å². The van der Waals surface area contributed by atoms with Crippen molar-refractivity contribution in [3.8, 4) is 0 Å². The summed E-state index contributed by atoms with van der Waals surface area (Å²) in [5.41, 5.74) is 8.14. The van der Waals surface area contributed by atoms with Crippen LogP contribution in [0.5, 0.6) is 0 Å². The average molecular weight is 262 g/mol. The Morgan fingerprint density at radius 2 is 2.00 bits per heavy atom. The second-order valence-corrected chi connectivity index (χ2v) is 6.31. The van der Waals surface area contributed by atoms with Crippen LogP contribution in [0.3, 0.4) is 0 Å². The lowest BCUT2D eigenvalue weighted by atomic mass is 9.91. The topological polar surface area (TPSA) is 0 Å². The van der Waals surface area contributed by atoms with Gasteiger partial charge in [-0.3, -0.25) is 0 Å². The maximum absolute atomic E-state index is 2.49. The Morgan fingerprint density at radius 1 is 1.05 bits per heavy atom. The largest absolute Gasteiger partial charge is 0.0807 e. The van der Waals surface area contributed by atoms with Gasteiger partial charge in [0.05, 0.1) is 0 Å². The molecule has 3 aliphatic rings. The van der Waals surface area contributed by atoms with E-state index < -0.39 is 0 Å². The number of hydrogen-bond acceptors (Lipinski definition) is 0. The van der Waals surface area contributed by atoms with Gasteiger partial charge in [0.25, 0.3) is 0 Å². The molecule has 1 aromatic carbocycles. The number of fused-ring (bicyclic) bond motifs is 3. The predicted molar refractivity (Wildman–Crippen MR) is 85.8 cm³/mol. The van der Waals surface area contributed by atoms with Gasteiger partial charge in [0.2, 0.25) is 0 Å². The molecule has 4 rings (SSSR count). The summed E-state index contributed by atoms with van der Waals surface area (Å²) in [5.74, 6) is 0. The lowest BCUT2D eigenvalue weighted by Gasteiger charge is -2.13. The molecule has 0 bridgehead atoms. The Balaban J connectivity index is 1.95. The molecule has 0 heteroatoms. The summed E-state index contributed by atoms with van der Waals surface area (Å²) in [6, 6.07) is 7.12. The molecule has 1 aromatic rings. The van der Waals surface area contributed by atoms with E-state index in [-0.39, 0.29) is 0 Å². The smallest absolute Gasteiger partial charge is 0.00170 e. The van der Waals surface area contributed by atoms with Gasteiger partial charge in [0.1, 0.15) is 0 Å². The second-order valence-electron chi connectivity index (χ2n) is 6.31. The molecular formula is C20H22. The van der Waals surface area contributed by atoms with Crippen molar-refractivity contribution in [1.82, 2.24) is 0 Å². The second kappa shape index (κ2) is 4.77. The summed E-state index contributed by atoms with van der Waals surface area (Å²) in [6.07, 6.45) is 13.7. The molecule has 0 amide bonds. The Kier molecular flexibility index (Phi) is 2.91. The molecule has 0 heterocycles. The van der Waals surface area contributed by atoms with E-state index in [9.17, 15) is 0 Å². The highest BCUT2D eigenvalue weighted by Crippen LogP contribution is 2.43. The molecule has 3 aliphatic carbocycles. The zero-order valence-corrected chi connectivity index (χ0v) is 12.3. The molecule has 0 unspecified atom stereocenters. The van der Waals surface area contributed by atoms with Gasteiger partial charge in [-0.1, -0.05) is 43.7 Å². The first-order valence-electron chi connectivity index (χ1n) is 8.11. The number of rotatable bonds is 2. The van der Waals surface area contributed by atoms with Gasteiger partial charge in [0, 0.05) is 0 Å². The monoisotopic (exact) mass is 262 g/mol. The molecule has 0 fully saturated rings. The van der Waals surface area contributed by atoms with Crippen molar-refractivity contribution in [3.05, 3.63) is 57.0 Å². The zero-order chi connectivity index (χ0) is 13.5. The molecule has 0 aromatic heterocycles. The van der Waals surface area contributed by atoms with Crippen molar-refractivity contribution in [1.29, 1.82) is 0 Å². The molecule has 0 radical (unpaired) electrons. The number of allylic oxidation sites excluding steroid dienone is 4. The van der Waals surface area contributed by atoms with E-state index in [1.165, 1.54) is 54.5 Å². The first kappa shape index (κ1) is 12.2. The average Bonchev–Trinajstić information content (AvgIpc) is 2.87. The van der Waals surface area contributed by atoms with E-state index in [1.807, 2.05) is 0 Å². The Morgan fingerprint density at radius 3 is 2.90 bits per heavy atom. The van der Waals surface area contributed by atoms with Gasteiger partial charge in [-0.2, -0.15) is 0 Å².